The Bertz CT molecular complexity index is 1650. The summed E-state index contributed by atoms with van der Waals surface area (Å²) in [6.45, 7) is 3.05. The second-order valence-corrected chi connectivity index (χ2v) is 8.47. The molecule has 8 heteroatoms. The van der Waals surface area contributed by atoms with Crippen molar-refractivity contribution in [1.29, 1.82) is 0 Å². The Morgan fingerprint density at radius 3 is 2.42 bits per heavy atom. The second-order valence-electron chi connectivity index (χ2n) is 8.47. The highest BCUT2D eigenvalue weighted by molar-refractivity contribution is 5.97. The van der Waals surface area contributed by atoms with E-state index < -0.39 is 11.1 Å². The van der Waals surface area contributed by atoms with E-state index >= 15 is 0 Å². The van der Waals surface area contributed by atoms with Crippen molar-refractivity contribution < 1.29 is 4.79 Å². The third kappa shape index (κ3) is 4.61. The van der Waals surface area contributed by atoms with Crippen LogP contribution in [0.25, 0.3) is 22.3 Å². The Balaban J connectivity index is 1.41. The number of carbonyl (C=O) groups excluding carboxylic acids is 1. The van der Waals surface area contributed by atoms with Crippen LogP contribution < -0.4 is 16.4 Å². The van der Waals surface area contributed by atoms with Crippen LogP contribution in [0.5, 0.6) is 0 Å². The Morgan fingerprint density at radius 1 is 0.972 bits per heavy atom. The molecule has 2 aromatic heterocycles. The molecule has 0 bridgehead atoms. The zero-order chi connectivity index (χ0) is 25.1. The van der Waals surface area contributed by atoms with E-state index in [0.29, 0.717) is 29.7 Å². The van der Waals surface area contributed by atoms with Crippen LogP contribution >= 0.6 is 0 Å². The molecule has 8 nitrogen and oxygen atoms in total. The summed E-state index contributed by atoms with van der Waals surface area (Å²) in [6, 6.07) is 24.8. The van der Waals surface area contributed by atoms with Gasteiger partial charge in [0, 0.05) is 36.0 Å². The van der Waals surface area contributed by atoms with Crippen molar-refractivity contribution >= 4 is 16.9 Å². The van der Waals surface area contributed by atoms with Gasteiger partial charge in [0.1, 0.15) is 0 Å². The molecule has 2 heterocycles. The molecule has 5 rings (SSSR count). The highest BCUT2D eigenvalue weighted by Crippen LogP contribution is 2.22. The first kappa shape index (κ1) is 23.0. The average molecular weight is 480 g/mol. The molecule has 0 fully saturated rings. The minimum absolute atomic E-state index is 0.279. The van der Waals surface area contributed by atoms with Crippen LogP contribution in [-0.2, 0) is 19.6 Å². The van der Waals surface area contributed by atoms with Gasteiger partial charge in [-0.3, -0.25) is 19.1 Å². The summed E-state index contributed by atoms with van der Waals surface area (Å²) < 4.78 is 3.27. The molecule has 0 unspecified atom stereocenters. The lowest BCUT2D eigenvalue weighted by Gasteiger charge is -2.09. The number of aromatic amines is 1. The van der Waals surface area contributed by atoms with Gasteiger partial charge in [-0.1, -0.05) is 60.7 Å². The maximum atomic E-state index is 13.0. The molecule has 0 atom stereocenters. The lowest BCUT2D eigenvalue weighted by Crippen LogP contribution is -2.36. The molecule has 1 amide bonds. The number of hydrogen-bond donors (Lipinski definition) is 2. The number of hydrogen-bond acceptors (Lipinski definition) is 4. The Kier molecular flexibility index (Phi) is 6.32. The molecule has 0 spiro atoms. The Labute approximate surface area is 206 Å². The number of carbonyl (C=O) groups is 1. The van der Waals surface area contributed by atoms with Crippen LogP contribution in [-0.4, -0.2) is 25.2 Å². The van der Waals surface area contributed by atoms with Gasteiger partial charge < -0.3 is 14.9 Å². The van der Waals surface area contributed by atoms with Crippen molar-refractivity contribution in [1.82, 2.24) is 24.6 Å². The van der Waals surface area contributed by atoms with Crippen molar-refractivity contribution in [2.24, 2.45) is 0 Å². The number of aromatic nitrogens is 4. The molecule has 0 saturated carbocycles. The van der Waals surface area contributed by atoms with Crippen molar-refractivity contribution in [2.45, 2.75) is 26.6 Å². The summed E-state index contributed by atoms with van der Waals surface area (Å²) in [5, 5.41) is 7.77. The SMILES string of the molecule is CCn1c(=O)c(=O)[nH]c2cc(C(=O)NCc3cn(Cc4ccccc4)nc3-c3ccccc3)ccc21. The van der Waals surface area contributed by atoms with Crippen LogP contribution in [0.15, 0.2) is 94.6 Å². The standard InChI is InChI=1S/C28H25N5O3/c1-2-33-24-14-13-21(15-23(24)30-27(35)28(33)36)26(34)29-16-22-18-32(17-19-9-5-3-6-10-19)31-25(22)20-11-7-4-8-12-20/h3-15,18H,2,16-17H2,1H3,(H,29,34)(H,30,35). The molecule has 0 aliphatic rings. The van der Waals surface area contributed by atoms with E-state index in [2.05, 4.69) is 10.3 Å². The zero-order valence-electron chi connectivity index (χ0n) is 19.8. The lowest BCUT2D eigenvalue weighted by atomic mass is 10.1. The third-order valence-electron chi connectivity index (χ3n) is 6.06. The highest BCUT2D eigenvalue weighted by atomic mass is 16.2. The highest BCUT2D eigenvalue weighted by Gasteiger charge is 2.15. The van der Waals surface area contributed by atoms with E-state index in [0.717, 1.165) is 22.4 Å². The number of amides is 1. The van der Waals surface area contributed by atoms with Crippen molar-refractivity contribution in [3.8, 4) is 11.3 Å². The molecule has 2 N–H and O–H groups in total. The van der Waals surface area contributed by atoms with Crippen LogP contribution in [0.2, 0.25) is 0 Å². The zero-order valence-corrected chi connectivity index (χ0v) is 19.8. The number of nitrogens with one attached hydrogen (secondary N) is 2. The van der Waals surface area contributed by atoms with Gasteiger partial charge in [0.15, 0.2) is 0 Å². The number of benzene rings is 3. The van der Waals surface area contributed by atoms with Crippen LogP contribution in [0, 0.1) is 0 Å². The first-order valence-electron chi connectivity index (χ1n) is 11.7. The second kappa shape index (κ2) is 9.87. The fourth-order valence-corrected chi connectivity index (χ4v) is 4.29. The summed E-state index contributed by atoms with van der Waals surface area (Å²) in [6.07, 6.45) is 1.95. The number of aryl methyl sites for hydroxylation is 1. The monoisotopic (exact) mass is 479 g/mol. The van der Waals surface area contributed by atoms with E-state index in [1.165, 1.54) is 4.57 Å². The van der Waals surface area contributed by atoms with E-state index in [1.807, 2.05) is 71.5 Å². The molecule has 0 aliphatic heterocycles. The predicted molar refractivity (Wildman–Crippen MR) is 139 cm³/mol. The molecule has 180 valence electrons. The third-order valence-corrected chi connectivity index (χ3v) is 6.06. The van der Waals surface area contributed by atoms with Gasteiger partial charge in [-0.05, 0) is 30.7 Å². The van der Waals surface area contributed by atoms with Gasteiger partial charge >= 0.3 is 11.1 Å². The molecule has 0 aliphatic carbocycles. The fraction of sp³-hybridized carbons (Fsp3) is 0.143. The molecule has 3 aromatic carbocycles. The van der Waals surface area contributed by atoms with Gasteiger partial charge in [0.2, 0.25) is 0 Å². The summed E-state index contributed by atoms with van der Waals surface area (Å²) in [7, 11) is 0. The smallest absolute Gasteiger partial charge is 0.316 e. The predicted octanol–water partition coefficient (Wildman–Crippen LogP) is 3.55. The normalized spacial score (nSPS) is 11.0. The van der Waals surface area contributed by atoms with Crippen LogP contribution in [0.3, 0.4) is 0 Å². The number of rotatable bonds is 7. The Hall–Kier alpha value is -4.72. The molecule has 5 aromatic rings. The Morgan fingerprint density at radius 2 is 1.69 bits per heavy atom. The van der Waals surface area contributed by atoms with Gasteiger partial charge in [-0.2, -0.15) is 5.10 Å². The fourth-order valence-electron chi connectivity index (χ4n) is 4.29. The summed E-state index contributed by atoms with van der Waals surface area (Å²) >= 11 is 0. The summed E-state index contributed by atoms with van der Waals surface area (Å²) in [4.78, 5) is 39.7. The van der Waals surface area contributed by atoms with Crippen molar-refractivity contribution in [3.63, 3.8) is 0 Å². The van der Waals surface area contributed by atoms with Crippen molar-refractivity contribution in [3.05, 3.63) is 122 Å². The minimum atomic E-state index is -0.708. The quantitative estimate of drug-likeness (QED) is 0.349. The molecular weight excluding hydrogens is 454 g/mol. The molecule has 0 radical (unpaired) electrons. The topological polar surface area (TPSA) is 102 Å². The van der Waals surface area contributed by atoms with E-state index in [9.17, 15) is 14.4 Å². The molecule has 0 saturated heterocycles. The van der Waals surface area contributed by atoms with E-state index in [4.69, 9.17) is 5.10 Å². The minimum Gasteiger partial charge on any atom is -0.348 e. The molecular formula is C28H25N5O3. The van der Waals surface area contributed by atoms with Gasteiger partial charge in [0.05, 0.1) is 23.3 Å². The summed E-state index contributed by atoms with van der Waals surface area (Å²) in [5.74, 6) is -0.290. The van der Waals surface area contributed by atoms with Gasteiger partial charge in [-0.25, -0.2) is 0 Å². The van der Waals surface area contributed by atoms with E-state index in [-0.39, 0.29) is 12.5 Å². The molecule has 36 heavy (non-hydrogen) atoms. The van der Waals surface area contributed by atoms with Gasteiger partial charge in [-0.15, -0.1) is 0 Å². The maximum absolute atomic E-state index is 13.0. The number of nitrogens with zero attached hydrogens (tertiary/aromatic N) is 3. The van der Waals surface area contributed by atoms with Gasteiger partial charge in [0.25, 0.3) is 5.91 Å². The van der Waals surface area contributed by atoms with E-state index in [1.54, 1.807) is 25.1 Å². The maximum Gasteiger partial charge on any atom is 0.316 e. The van der Waals surface area contributed by atoms with Crippen LogP contribution in [0.4, 0.5) is 0 Å². The first-order valence-corrected chi connectivity index (χ1v) is 11.7. The number of H-pyrrole nitrogens is 1. The average Bonchev–Trinajstić information content (AvgIpc) is 3.31. The number of fused-ring (bicyclic) bond motifs is 1. The first-order chi connectivity index (χ1) is 17.5. The van der Waals surface area contributed by atoms with Crippen LogP contribution in [0.1, 0.15) is 28.4 Å². The lowest BCUT2D eigenvalue weighted by molar-refractivity contribution is 0.0951. The summed E-state index contributed by atoms with van der Waals surface area (Å²) in [5.41, 5.74) is 3.88. The largest absolute Gasteiger partial charge is 0.348 e. The van der Waals surface area contributed by atoms with Crippen molar-refractivity contribution in [2.75, 3.05) is 0 Å².